The maximum absolute atomic E-state index is 12.0. The van der Waals surface area contributed by atoms with Gasteiger partial charge in [0.25, 0.3) is 0 Å². The topological polar surface area (TPSA) is 82.7 Å². The molecule has 3 rings (SSSR count). The van der Waals surface area contributed by atoms with Gasteiger partial charge >= 0.3 is 6.03 Å². The predicted molar refractivity (Wildman–Crippen MR) is 87.2 cm³/mol. The van der Waals surface area contributed by atoms with E-state index in [1.807, 2.05) is 12.1 Å². The molecule has 22 heavy (non-hydrogen) atoms. The number of aromatic nitrogens is 3. The Labute approximate surface area is 133 Å². The molecule has 0 spiro atoms. The Morgan fingerprint density at radius 1 is 1.32 bits per heavy atom. The molecule has 0 atom stereocenters. The van der Waals surface area contributed by atoms with Crippen molar-refractivity contribution in [3.05, 3.63) is 35.7 Å². The number of hydrogen-bond acceptors (Lipinski definition) is 4. The molecule has 1 aliphatic carbocycles. The van der Waals surface area contributed by atoms with E-state index in [4.69, 9.17) is 0 Å². The Balaban J connectivity index is 1.47. The van der Waals surface area contributed by atoms with Crippen LogP contribution >= 0.6 is 11.8 Å². The second-order valence-corrected chi connectivity index (χ2v) is 6.25. The van der Waals surface area contributed by atoms with Crippen molar-refractivity contribution in [3.63, 3.8) is 0 Å². The second kappa shape index (κ2) is 7.31. The SMILES string of the molecule is O=C(NCCSc1ncn[nH]1)Nc1cccc2c1CCCC2. The normalized spacial score (nSPS) is 13.5. The first kappa shape index (κ1) is 14.9. The van der Waals surface area contributed by atoms with E-state index in [-0.39, 0.29) is 6.03 Å². The van der Waals surface area contributed by atoms with Crippen LogP contribution in [-0.2, 0) is 12.8 Å². The van der Waals surface area contributed by atoms with Gasteiger partial charge in [0.15, 0.2) is 5.16 Å². The van der Waals surface area contributed by atoms with E-state index in [9.17, 15) is 4.79 Å². The molecule has 0 aliphatic heterocycles. The molecule has 0 bridgehead atoms. The number of nitrogens with zero attached hydrogens (tertiary/aromatic N) is 2. The summed E-state index contributed by atoms with van der Waals surface area (Å²) in [5.74, 6) is 0.746. The molecule has 0 radical (unpaired) electrons. The molecule has 0 saturated heterocycles. The van der Waals surface area contributed by atoms with Crippen LogP contribution in [0.5, 0.6) is 0 Å². The summed E-state index contributed by atoms with van der Waals surface area (Å²) in [5, 5.41) is 13.1. The average Bonchev–Trinajstić information content (AvgIpc) is 3.05. The molecule has 2 amide bonds. The number of benzene rings is 1. The number of amides is 2. The molecule has 0 fully saturated rings. The summed E-state index contributed by atoms with van der Waals surface area (Å²) in [6.07, 6.45) is 6.07. The summed E-state index contributed by atoms with van der Waals surface area (Å²) >= 11 is 1.53. The van der Waals surface area contributed by atoms with E-state index in [1.165, 1.54) is 42.1 Å². The monoisotopic (exact) mass is 317 g/mol. The zero-order valence-electron chi connectivity index (χ0n) is 12.3. The average molecular weight is 317 g/mol. The first-order chi connectivity index (χ1) is 10.8. The Kier molecular flexibility index (Phi) is 4.95. The Bertz CT molecular complexity index is 629. The number of fused-ring (bicyclic) bond motifs is 1. The highest BCUT2D eigenvalue weighted by Gasteiger charge is 2.14. The number of aryl methyl sites for hydroxylation is 1. The molecular formula is C15H19N5OS. The number of H-pyrrole nitrogens is 1. The fourth-order valence-corrected chi connectivity index (χ4v) is 3.28. The third-order valence-electron chi connectivity index (χ3n) is 3.66. The number of anilines is 1. The molecular weight excluding hydrogens is 298 g/mol. The largest absolute Gasteiger partial charge is 0.337 e. The zero-order valence-corrected chi connectivity index (χ0v) is 13.1. The number of hydrogen-bond donors (Lipinski definition) is 3. The highest BCUT2D eigenvalue weighted by Crippen LogP contribution is 2.27. The van der Waals surface area contributed by atoms with Gasteiger partial charge in [0.1, 0.15) is 6.33 Å². The molecule has 1 aromatic heterocycles. The quantitative estimate of drug-likeness (QED) is 0.585. The Hall–Kier alpha value is -2.02. The lowest BCUT2D eigenvalue weighted by molar-refractivity contribution is 0.252. The lowest BCUT2D eigenvalue weighted by Crippen LogP contribution is -2.31. The summed E-state index contributed by atoms with van der Waals surface area (Å²) in [6, 6.07) is 6.00. The first-order valence-electron chi connectivity index (χ1n) is 7.47. The summed E-state index contributed by atoms with van der Waals surface area (Å²) in [4.78, 5) is 16.0. The first-order valence-corrected chi connectivity index (χ1v) is 8.45. The minimum absolute atomic E-state index is 0.155. The van der Waals surface area contributed by atoms with Gasteiger partial charge in [-0.3, -0.25) is 5.10 Å². The van der Waals surface area contributed by atoms with Gasteiger partial charge in [-0.1, -0.05) is 23.9 Å². The van der Waals surface area contributed by atoms with Gasteiger partial charge in [-0.05, 0) is 42.9 Å². The van der Waals surface area contributed by atoms with Gasteiger partial charge < -0.3 is 10.6 Å². The van der Waals surface area contributed by atoms with Crippen LogP contribution in [0.1, 0.15) is 24.0 Å². The maximum Gasteiger partial charge on any atom is 0.319 e. The molecule has 2 aromatic rings. The van der Waals surface area contributed by atoms with Crippen LogP contribution in [0.15, 0.2) is 29.7 Å². The van der Waals surface area contributed by atoms with Gasteiger partial charge in [-0.15, -0.1) is 0 Å². The van der Waals surface area contributed by atoms with Gasteiger partial charge in [0.05, 0.1) is 0 Å². The fourth-order valence-electron chi connectivity index (χ4n) is 2.64. The predicted octanol–water partition coefficient (Wildman–Crippen LogP) is 2.60. The van der Waals surface area contributed by atoms with Crippen molar-refractivity contribution in [3.8, 4) is 0 Å². The van der Waals surface area contributed by atoms with E-state index in [2.05, 4.69) is 31.9 Å². The van der Waals surface area contributed by atoms with Gasteiger partial charge in [-0.25, -0.2) is 9.78 Å². The van der Waals surface area contributed by atoms with Gasteiger partial charge in [-0.2, -0.15) is 5.10 Å². The summed E-state index contributed by atoms with van der Waals surface area (Å²) in [7, 11) is 0. The van der Waals surface area contributed by atoms with Crippen molar-refractivity contribution in [2.75, 3.05) is 17.6 Å². The van der Waals surface area contributed by atoms with Gasteiger partial charge in [0, 0.05) is 18.0 Å². The van der Waals surface area contributed by atoms with Crippen molar-refractivity contribution < 1.29 is 4.79 Å². The number of urea groups is 1. The van der Waals surface area contributed by atoms with Crippen molar-refractivity contribution in [1.82, 2.24) is 20.5 Å². The fraction of sp³-hybridized carbons (Fsp3) is 0.400. The van der Waals surface area contributed by atoms with E-state index in [1.54, 1.807) is 0 Å². The van der Waals surface area contributed by atoms with E-state index >= 15 is 0 Å². The number of carbonyl (C=O) groups excluding carboxylic acids is 1. The van der Waals surface area contributed by atoms with Crippen molar-refractivity contribution in [2.45, 2.75) is 30.8 Å². The third kappa shape index (κ3) is 3.79. The molecule has 0 saturated carbocycles. The van der Waals surface area contributed by atoms with Crippen LogP contribution in [0.2, 0.25) is 0 Å². The van der Waals surface area contributed by atoms with Crippen LogP contribution in [0.4, 0.5) is 10.5 Å². The molecule has 7 heteroatoms. The molecule has 0 unspecified atom stereocenters. The molecule has 6 nitrogen and oxygen atoms in total. The number of carbonyl (C=O) groups is 1. The Morgan fingerprint density at radius 2 is 2.23 bits per heavy atom. The standard InChI is InChI=1S/C15H19N5OS/c21-14(16-8-9-22-15-17-10-18-20-15)19-13-7-3-5-11-4-1-2-6-12(11)13/h3,5,7,10H,1-2,4,6,8-9H2,(H2,16,19,21)(H,17,18,20). The summed E-state index contributed by atoms with van der Waals surface area (Å²) < 4.78 is 0. The van der Waals surface area contributed by atoms with E-state index < -0.39 is 0 Å². The minimum Gasteiger partial charge on any atom is -0.337 e. The lowest BCUT2D eigenvalue weighted by atomic mass is 9.90. The summed E-state index contributed by atoms with van der Waals surface area (Å²) in [6.45, 7) is 0.576. The minimum atomic E-state index is -0.155. The number of thioether (sulfide) groups is 1. The number of rotatable bonds is 5. The highest BCUT2D eigenvalue weighted by atomic mass is 32.2. The molecule has 3 N–H and O–H groups in total. The van der Waals surface area contributed by atoms with Crippen molar-refractivity contribution in [1.29, 1.82) is 0 Å². The Morgan fingerprint density at radius 3 is 3.09 bits per heavy atom. The maximum atomic E-state index is 12.0. The lowest BCUT2D eigenvalue weighted by Gasteiger charge is -2.19. The second-order valence-electron chi connectivity index (χ2n) is 5.17. The molecule has 116 valence electrons. The third-order valence-corrected chi connectivity index (χ3v) is 4.54. The van der Waals surface area contributed by atoms with E-state index in [0.717, 1.165) is 29.4 Å². The van der Waals surface area contributed by atoms with Crippen molar-refractivity contribution >= 4 is 23.5 Å². The van der Waals surface area contributed by atoms with Crippen molar-refractivity contribution in [2.24, 2.45) is 0 Å². The van der Waals surface area contributed by atoms with Crippen LogP contribution in [0, 0.1) is 0 Å². The van der Waals surface area contributed by atoms with E-state index in [0.29, 0.717) is 6.54 Å². The smallest absolute Gasteiger partial charge is 0.319 e. The number of aromatic amines is 1. The van der Waals surface area contributed by atoms with Gasteiger partial charge in [0.2, 0.25) is 0 Å². The number of nitrogens with one attached hydrogen (secondary N) is 3. The van der Waals surface area contributed by atoms with Crippen LogP contribution in [0.3, 0.4) is 0 Å². The van der Waals surface area contributed by atoms with Crippen LogP contribution < -0.4 is 10.6 Å². The summed E-state index contributed by atoms with van der Waals surface area (Å²) in [5.41, 5.74) is 3.60. The highest BCUT2D eigenvalue weighted by molar-refractivity contribution is 7.99. The zero-order chi connectivity index (χ0) is 15.2. The molecule has 1 aromatic carbocycles. The van der Waals surface area contributed by atoms with Crippen LogP contribution in [-0.4, -0.2) is 33.5 Å². The molecule has 1 aliphatic rings. The van der Waals surface area contributed by atoms with Crippen LogP contribution in [0.25, 0.3) is 0 Å². The molecule has 1 heterocycles.